The fourth-order valence-corrected chi connectivity index (χ4v) is 1.70. The van der Waals surface area contributed by atoms with Crippen molar-refractivity contribution in [3.05, 3.63) is 11.8 Å². The largest absolute Gasteiger partial charge is 0.492 e. The zero-order chi connectivity index (χ0) is 11.3. The summed E-state index contributed by atoms with van der Waals surface area (Å²) in [6, 6.07) is 0. The maximum Gasteiger partial charge on any atom is 0.334 e. The Labute approximate surface area is 89.9 Å². The van der Waals surface area contributed by atoms with E-state index < -0.39 is 0 Å². The molecular formula is C11H18O4. The van der Waals surface area contributed by atoms with Crippen molar-refractivity contribution in [1.82, 2.24) is 0 Å². The van der Waals surface area contributed by atoms with E-state index in [0.29, 0.717) is 12.4 Å². The van der Waals surface area contributed by atoms with Gasteiger partial charge in [-0.25, -0.2) is 4.79 Å². The third-order valence-electron chi connectivity index (χ3n) is 2.50. The maximum absolute atomic E-state index is 11.2. The second kappa shape index (κ2) is 5.75. The van der Waals surface area contributed by atoms with Crippen LogP contribution < -0.4 is 0 Å². The minimum absolute atomic E-state index is 0.00331. The lowest BCUT2D eigenvalue weighted by Gasteiger charge is -2.07. The lowest BCUT2D eigenvalue weighted by Crippen LogP contribution is -2.09. The predicted molar refractivity (Wildman–Crippen MR) is 55.1 cm³/mol. The van der Waals surface area contributed by atoms with Gasteiger partial charge in [-0.1, -0.05) is 6.92 Å². The zero-order valence-electron chi connectivity index (χ0n) is 9.23. The van der Waals surface area contributed by atoms with Crippen LogP contribution >= 0.6 is 0 Å². The van der Waals surface area contributed by atoms with Crippen LogP contribution in [0.5, 0.6) is 0 Å². The van der Waals surface area contributed by atoms with Gasteiger partial charge in [0.1, 0.15) is 11.9 Å². The molecule has 1 heterocycles. The van der Waals surface area contributed by atoms with E-state index >= 15 is 0 Å². The smallest absolute Gasteiger partial charge is 0.334 e. The van der Waals surface area contributed by atoms with Crippen molar-refractivity contribution < 1.29 is 19.4 Å². The van der Waals surface area contributed by atoms with Gasteiger partial charge < -0.3 is 14.6 Å². The van der Waals surface area contributed by atoms with E-state index in [0.717, 1.165) is 12.8 Å². The first kappa shape index (κ1) is 12.0. The van der Waals surface area contributed by atoms with Crippen molar-refractivity contribution in [2.75, 3.05) is 13.2 Å². The highest BCUT2D eigenvalue weighted by Crippen LogP contribution is 2.31. The highest BCUT2D eigenvalue weighted by molar-refractivity contribution is 5.82. The lowest BCUT2D eigenvalue weighted by atomic mass is 10.00. The minimum Gasteiger partial charge on any atom is -0.492 e. The molecule has 0 aromatic rings. The molecule has 1 aliphatic rings. The van der Waals surface area contributed by atoms with Gasteiger partial charge in [-0.3, -0.25) is 0 Å². The first-order valence-corrected chi connectivity index (χ1v) is 5.37. The van der Waals surface area contributed by atoms with Gasteiger partial charge in [-0.2, -0.15) is 0 Å². The molecule has 1 rings (SSSR count). The van der Waals surface area contributed by atoms with Crippen LogP contribution in [-0.4, -0.2) is 30.4 Å². The summed E-state index contributed by atoms with van der Waals surface area (Å²) in [6.45, 7) is 4.16. The molecule has 2 atom stereocenters. The lowest BCUT2D eigenvalue weighted by molar-refractivity contribution is -0.137. The number of aliphatic hydroxyl groups is 1. The van der Waals surface area contributed by atoms with Gasteiger partial charge in [0, 0.05) is 5.92 Å². The molecule has 15 heavy (non-hydrogen) atoms. The average molecular weight is 214 g/mol. The topological polar surface area (TPSA) is 55.8 Å². The molecule has 0 saturated carbocycles. The van der Waals surface area contributed by atoms with E-state index in [1.54, 1.807) is 6.92 Å². The molecule has 0 spiro atoms. The van der Waals surface area contributed by atoms with Crippen LogP contribution in [0.25, 0.3) is 0 Å². The molecule has 0 aliphatic carbocycles. The van der Waals surface area contributed by atoms with E-state index in [1.807, 2.05) is 6.92 Å². The number of esters is 1. The summed E-state index contributed by atoms with van der Waals surface area (Å²) in [5, 5.41) is 8.97. The van der Waals surface area contributed by atoms with Gasteiger partial charge in [-0.15, -0.1) is 0 Å². The first-order chi connectivity index (χ1) is 7.21. The second-order valence-electron chi connectivity index (χ2n) is 3.56. The van der Waals surface area contributed by atoms with Crippen molar-refractivity contribution in [3.63, 3.8) is 0 Å². The predicted octanol–water partition coefficient (Wildman–Crippen LogP) is 1.24. The Morgan fingerprint density at radius 2 is 2.40 bits per heavy atom. The van der Waals surface area contributed by atoms with Crippen LogP contribution in [0, 0.1) is 5.92 Å². The standard InChI is InChI=1S/C11H18O4/c1-3-8-5-9(7-12)15-10(8)6-11(13)14-4-2/h6,8-9,12H,3-5,7H2,1-2H3/b10-6-/t8-,9-/m1/s1. The second-order valence-corrected chi connectivity index (χ2v) is 3.56. The number of ether oxygens (including phenoxy) is 2. The summed E-state index contributed by atoms with van der Waals surface area (Å²) < 4.78 is 10.2. The van der Waals surface area contributed by atoms with Crippen molar-refractivity contribution in [3.8, 4) is 0 Å². The number of hydrogen-bond acceptors (Lipinski definition) is 4. The Kier molecular flexibility index (Phi) is 4.62. The van der Waals surface area contributed by atoms with Gasteiger partial charge >= 0.3 is 5.97 Å². The molecule has 86 valence electrons. The minimum atomic E-state index is -0.371. The molecule has 1 aliphatic heterocycles. The molecule has 0 bridgehead atoms. The molecule has 0 radical (unpaired) electrons. The summed E-state index contributed by atoms with van der Waals surface area (Å²) in [7, 11) is 0. The normalized spacial score (nSPS) is 27.8. The Morgan fingerprint density at radius 1 is 1.67 bits per heavy atom. The number of aliphatic hydroxyl groups excluding tert-OH is 1. The molecule has 1 fully saturated rings. The van der Waals surface area contributed by atoms with Gasteiger partial charge in [0.15, 0.2) is 0 Å². The summed E-state index contributed by atoms with van der Waals surface area (Å²) in [5.41, 5.74) is 0. The summed E-state index contributed by atoms with van der Waals surface area (Å²) in [4.78, 5) is 11.2. The molecule has 4 heteroatoms. The summed E-state index contributed by atoms with van der Waals surface area (Å²) in [6.07, 6.45) is 2.91. The quantitative estimate of drug-likeness (QED) is 0.565. The molecule has 1 N–H and O–H groups in total. The number of hydrogen-bond donors (Lipinski definition) is 1. The van der Waals surface area contributed by atoms with Crippen molar-refractivity contribution in [2.24, 2.45) is 5.92 Å². The zero-order valence-corrected chi connectivity index (χ0v) is 9.23. The van der Waals surface area contributed by atoms with Gasteiger partial charge in [0.2, 0.25) is 0 Å². The highest BCUT2D eigenvalue weighted by atomic mass is 16.5. The van der Waals surface area contributed by atoms with E-state index in [9.17, 15) is 4.79 Å². The van der Waals surface area contributed by atoms with E-state index in [4.69, 9.17) is 14.6 Å². The van der Waals surface area contributed by atoms with Crippen LogP contribution in [-0.2, 0) is 14.3 Å². The van der Waals surface area contributed by atoms with Gasteiger partial charge in [0.25, 0.3) is 0 Å². The third kappa shape index (κ3) is 3.23. The third-order valence-corrected chi connectivity index (χ3v) is 2.50. The SMILES string of the molecule is CCOC(=O)/C=C1\O[C@@H](CO)C[C@H]1CC. The Morgan fingerprint density at radius 3 is 2.93 bits per heavy atom. The monoisotopic (exact) mass is 214 g/mol. The highest BCUT2D eigenvalue weighted by Gasteiger charge is 2.29. The number of carbonyl (C=O) groups is 1. The molecular weight excluding hydrogens is 196 g/mol. The van der Waals surface area contributed by atoms with Crippen LogP contribution in [0.4, 0.5) is 0 Å². The number of carbonyl (C=O) groups excluding carboxylic acids is 1. The number of rotatable bonds is 4. The average Bonchev–Trinajstić information content (AvgIpc) is 2.60. The Balaban J connectivity index is 2.62. The maximum atomic E-state index is 11.2. The van der Waals surface area contributed by atoms with Gasteiger partial charge in [-0.05, 0) is 19.8 Å². The van der Waals surface area contributed by atoms with E-state index in [-0.39, 0.29) is 24.6 Å². The van der Waals surface area contributed by atoms with Crippen molar-refractivity contribution in [1.29, 1.82) is 0 Å². The first-order valence-electron chi connectivity index (χ1n) is 5.37. The van der Waals surface area contributed by atoms with Gasteiger partial charge in [0.05, 0.1) is 19.3 Å². The summed E-state index contributed by atoms with van der Waals surface area (Å²) in [5.74, 6) is 0.506. The van der Waals surface area contributed by atoms with Crippen LogP contribution in [0.3, 0.4) is 0 Å². The van der Waals surface area contributed by atoms with Crippen molar-refractivity contribution >= 4 is 5.97 Å². The fourth-order valence-electron chi connectivity index (χ4n) is 1.70. The molecule has 0 amide bonds. The van der Waals surface area contributed by atoms with Crippen LogP contribution in [0.1, 0.15) is 26.7 Å². The Bertz CT molecular complexity index is 247. The fraction of sp³-hybridized carbons (Fsp3) is 0.727. The van der Waals surface area contributed by atoms with Crippen LogP contribution in [0.2, 0.25) is 0 Å². The van der Waals surface area contributed by atoms with E-state index in [1.165, 1.54) is 6.08 Å². The van der Waals surface area contributed by atoms with Crippen molar-refractivity contribution in [2.45, 2.75) is 32.8 Å². The molecule has 1 saturated heterocycles. The van der Waals surface area contributed by atoms with Crippen LogP contribution in [0.15, 0.2) is 11.8 Å². The molecule has 0 unspecified atom stereocenters. The molecule has 4 nitrogen and oxygen atoms in total. The van der Waals surface area contributed by atoms with E-state index in [2.05, 4.69) is 0 Å². The molecule has 0 aromatic heterocycles. The number of allylic oxidation sites excluding steroid dienone is 1. The Hall–Kier alpha value is -1.03. The summed E-state index contributed by atoms with van der Waals surface area (Å²) >= 11 is 0. The molecule has 0 aromatic carbocycles.